The van der Waals surface area contributed by atoms with E-state index in [0.29, 0.717) is 10.6 Å². The smallest absolute Gasteiger partial charge is 0.151 e. The van der Waals surface area contributed by atoms with Crippen LogP contribution >= 0.6 is 11.6 Å². The number of rotatable bonds is 3. The van der Waals surface area contributed by atoms with E-state index < -0.39 is 0 Å². The fourth-order valence-corrected chi connectivity index (χ4v) is 2.15. The van der Waals surface area contributed by atoms with Crippen molar-refractivity contribution in [3.05, 3.63) is 17.3 Å². The standard InChI is InChI=1S/C12H19ClN4/c1-12(5-7-17(2)8-6-12)9-14-11-4-3-10(13)15-16-11/h3-4H,5-9H2,1-2H3,(H,14,16). The van der Waals surface area contributed by atoms with Gasteiger partial charge in [0.2, 0.25) is 0 Å². The molecule has 0 saturated carbocycles. The zero-order chi connectivity index (χ0) is 12.3. The molecule has 1 aromatic heterocycles. The lowest BCUT2D eigenvalue weighted by molar-refractivity contribution is 0.150. The Hall–Kier alpha value is -0.870. The van der Waals surface area contributed by atoms with Crippen LogP contribution in [0.4, 0.5) is 5.82 Å². The van der Waals surface area contributed by atoms with Gasteiger partial charge in [-0.25, -0.2) is 0 Å². The van der Waals surface area contributed by atoms with Crippen molar-refractivity contribution < 1.29 is 0 Å². The summed E-state index contributed by atoms with van der Waals surface area (Å²) < 4.78 is 0. The maximum absolute atomic E-state index is 5.70. The minimum absolute atomic E-state index is 0.355. The topological polar surface area (TPSA) is 41.0 Å². The van der Waals surface area contributed by atoms with Crippen LogP contribution < -0.4 is 5.32 Å². The van der Waals surface area contributed by atoms with Crippen LogP contribution in [0.5, 0.6) is 0 Å². The summed E-state index contributed by atoms with van der Waals surface area (Å²) in [5, 5.41) is 11.6. The van der Waals surface area contributed by atoms with Gasteiger partial charge in [-0.2, -0.15) is 0 Å². The molecule has 1 aliphatic heterocycles. The van der Waals surface area contributed by atoms with Gasteiger partial charge in [-0.05, 0) is 50.5 Å². The first-order chi connectivity index (χ1) is 8.07. The molecule has 5 heteroatoms. The predicted octanol–water partition coefficient (Wildman–Crippen LogP) is 2.27. The number of halogens is 1. The zero-order valence-electron chi connectivity index (χ0n) is 10.4. The van der Waals surface area contributed by atoms with E-state index in [1.165, 1.54) is 25.9 Å². The SMILES string of the molecule is CN1CCC(C)(CNc2ccc(Cl)nn2)CC1. The fourth-order valence-electron chi connectivity index (χ4n) is 2.05. The van der Waals surface area contributed by atoms with E-state index in [9.17, 15) is 0 Å². The summed E-state index contributed by atoms with van der Waals surface area (Å²) in [5.41, 5.74) is 0.355. The van der Waals surface area contributed by atoms with Crippen LogP contribution in [-0.4, -0.2) is 41.8 Å². The molecule has 0 atom stereocenters. The first-order valence-corrected chi connectivity index (χ1v) is 6.37. The molecule has 1 fully saturated rings. The minimum atomic E-state index is 0.355. The quantitative estimate of drug-likeness (QED) is 0.899. The summed E-state index contributed by atoms with van der Waals surface area (Å²) in [7, 11) is 2.18. The number of aromatic nitrogens is 2. The maximum Gasteiger partial charge on any atom is 0.151 e. The van der Waals surface area contributed by atoms with E-state index in [1.54, 1.807) is 6.07 Å². The number of nitrogens with zero attached hydrogens (tertiary/aromatic N) is 3. The molecule has 1 aromatic rings. The normalized spacial score (nSPS) is 20.2. The first kappa shape index (κ1) is 12.6. The molecule has 0 radical (unpaired) electrons. The van der Waals surface area contributed by atoms with Gasteiger partial charge in [-0.3, -0.25) is 0 Å². The molecule has 0 aromatic carbocycles. The molecule has 0 bridgehead atoms. The van der Waals surface area contributed by atoms with Gasteiger partial charge in [0.1, 0.15) is 5.82 Å². The third kappa shape index (κ3) is 3.54. The molecule has 0 unspecified atom stereocenters. The third-order valence-electron chi connectivity index (χ3n) is 3.52. The van der Waals surface area contributed by atoms with Crippen molar-refractivity contribution in [2.75, 3.05) is 32.0 Å². The molecular weight excluding hydrogens is 236 g/mol. The highest BCUT2D eigenvalue weighted by atomic mass is 35.5. The molecule has 4 nitrogen and oxygen atoms in total. The highest BCUT2D eigenvalue weighted by Crippen LogP contribution is 2.30. The Morgan fingerprint density at radius 3 is 2.65 bits per heavy atom. The molecular formula is C12H19ClN4. The van der Waals surface area contributed by atoms with Gasteiger partial charge in [-0.15, -0.1) is 10.2 Å². The van der Waals surface area contributed by atoms with Gasteiger partial charge in [0, 0.05) is 6.54 Å². The summed E-state index contributed by atoms with van der Waals surface area (Å²) in [6.45, 7) is 5.61. The van der Waals surface area contributed by atoms with E-state index in [4.69, 9.17) is 11.6 Å². The average Bonchev–Trinajstić information content (AvgIpc) is 2.33. The van der Waals surface area contributed by atoms with Gasteiger partial charge >= 0.3 is 0 Å². The fraction of sp³-hybridized carbons (Fsp3) is 0.667. The molecule has 94 valence electrons. The van der Waals surface area contributed by atoms with Crippen molar-refractivity contribution in [1.29, 1.82) is 0 Å². The first-order valence-electron chi connectivity index (χ1n) is 5.99. The highest BCUT2D eigenvalue weighted by molar-refractivity contribution is 6.29. The Morgan fingerprint density at radius 2 is 2.06 bits per heavy atom. The molecule has 1 saturated heterocycles. The summed E-state index contributed by atoms with van der Waals surface area (Å²) in [6, 6.07) is 3.63. The molecule has 0 amide bonds. The van der Waals surface area contributed by atoms with Crippen molar-refractivity contribution >= 4 is 17.4 Å². The average molecular weight is 255 g/mol. The van der Waals surface area contributed by atoms with Gasteiger partial charge in [-0.1, -0.05) is 18.5 Å². The Labute approximate surface area is 107 Å². The third-order valence-corrected chi connectivity index (χ3v) is 3.72. The number of hydrogen-bond acceptors (Lipinski definition) is 4. The van der Waals surface area contributed by atoms with Crippen molar-refractivity contribution in [1.82, 2.24) is 15.1 Å². The largest absolute Gasteiger partial charge is 0.368 e. The summed E-state index contributed by atoms with van der Waals surface area (Å²) in [5.74, 6) is 0.801. The Kier molecular flexibility index (Phi) is 3.84. The van der Waals surface area contributed by atoms with Crippen LogP contribution in [0.25, 0.3) is 0 Å². The molecule has 2 rings (SSSR count). The van der Waals surface area contributed by atoms with E-state index in [0.717, 1.165) is 12.4 Å². The van der Waals surface area contributed by atoms with Crippen LogP contribution in [0, 0.1) is 5.41 Å². The zero-order valence-corrected chi connectivity index (χ0v) is 11.2. The van der Waals surface area contributed by atoms with Crippen molar-refractivity contribution in [2.45, 2.75) is 19.8 Å². The summed E-state index contributed by atoms with van der Waals surface area (Å²) in [4.78, 5) is 2.38. The van der Waals surface area contributed by atoms with Crippen molar-refractivity contribution in [3.63, 3.8) is 0 Å². The Bertz CT molecular complexity index is 357. The number of hydrogen-bond donors (Lipinski definition) is 1. The maximum atomic E-state index is 5.70. The van der Waals surface area contributed by atoms with Crippen molar-refractivity contribution in [3.8, 4) is 0 Å². The van der Waals surface area contributed by atoms with Crippen LogP contribution in [0.3, 0.4) is 0 Å². The second-order valence-electron chi connectivity index (χ2n) is 5.21. The molecule has 0 aliphatic carbocycles. The molecule has 2 heterocycles. The molecule has 1 aliphatic rings. The lowest BCUT2D eigenvalue weighted by atomic mass is 9.80. The van der Waals surface area contributed by atoms with Gasteiger partial charge < -0.3 is 10.2 Å². The number of nitrogens with one attached hydrogen (secondary N) is 1. The van der Waals surface area contributed by atoms with E-state index >= 15 is 0 Å². The minimum Gasteiger partial charge on any atom is -0.368 e. The van der Waals surface area contributed by atoms with Crippen molar-refractivity contribution in [2.24, 2.45) is 5.41 Å². The highest BCUT2D eigenvalue weighted by Gasteiger charge is 2.28. The van der Waals surface area contributed by atoms with Gasteiger partial charge in [0.15, 0.2) is 5.15 Å². The second-order valence-corrected chi connectivity index (χ2v) is 5.60. The lowest BCUT2D eigenvalue weighted by Crippen LogP contribution is -2.40. The Morgan fingerprint density at radius 1 is 1.35 bits per heavy atom. The van der Waals surface area contributed by atoms with Gasteiger partial charge in [0.05, 0.1) is 0 Å². The molecule has 17 heavy (non-hydrogen) atoms. The monoisotopic (exact) mass is 254 g/mol. The number of anilines is 1. The Balaban J connectivity index is 1.87. The van der Waals surface area contributed by atoms with Crippen LogP contribution in [0.2, 0.25) is 5.15 Å². The van der Waals surface area contributed by atoms with Crippen LogP contribution in [0.15, 0.2) is 12.1 Å². The number of likely N-dealkylation sites (tertiary alicyclic amines) is 1. The summed E-state index contributed by atoms with van der Waals surface area (Å²) >= 11 is 5.70. The van der Waals surface area contributed by atoms with E-state index in [-0.39, 0.29) is 0 Å². The lowest BCUT2D eigenvalue weighted by Gasteiger charge is -2.38. The molecule has 0 spiro atoms. The molecule has 1 N–H and O–H groups in total. The van der Waals surface area contributed by atoms with Crippen LogP contribution in [-0.2, 0) is 0 Å². The second kappa shape index (κ2) is 5.19. The van der Waals surface area contributed by atoms with Gasteiger partial charge in [0.25, 0.3) is 0 Å². The van der Waals surface area contributed by atoms with E-state index in [2.05, 4.69) is 34.4 Å². The van der Waals surface area contributed by atoms with Crippen LogP contribution in [0.1, 0.15) is 19.8 Å². The van der Waals surface area contributed by atoms with E-state index in [1.807, 2.05) is 6.07 Å². The summed E-state index contributed by atoms with van der Waals surface area (Å²) in [6.07, 6.45) is 2.44. The predicted molar refractivity (Wildman–Crippen MR) is 70.4 cm³/mol. The number of piperidine rings is 1.